The second-order valence-corrected chi connectivity index (χ2v) is 4.57. The molecule has 0 aliphatic carbocycles. The van der Waals surface area contributed by atoms with Gasteiger partial charge in [0.1, 0.15) is 0 Å². The molecule has 2 aromatic heterocycles. The third-order valence-corrected chi connectivity index (χ3v) is 2.68. The zero-order valence-corrected chi connectivity index (χ0v) is 11.5. The van der Waals surface area contributed by atoms with Crippen LogP contribution in [0.1, 0.15) is 11.1 Å². The Labute approximate surface area is 124 Å². The molecule has 2 N–H and O–H groups in total. The van der Waals surface area contributed by atoms with E-state index in [1.54, 1.807) is 18.3 Å². The quantitative estimate of drug-likeness (QED) is 0.856. The largest absolute Gasteiger partial charge is 0.468 e. The molecule has 8 heteroatoms. The van der Waals surface area contributed by atoms with Crippen LogP contribution in [0.2, 0.25) is 0 Å². The number of rotatable bonds is 6. The molecule has 0 fully saturated rings. The van der Waals surface area contributed by atoms with Gasteiger partial charge in [-0.25, -0.2) is 4.98 Å². The highest BCUT2D eigenvalue weighted by atomic mass is 19.4. The molecule has 0 amide bonds. The van der Waals surface area contributed by atoms with E-state index in [2.05, 4.69) is 20.0 Å². The Morgan fingerprint density at radius 1 is 1.18 bits per heavy atom. The molecule has 0 aliphatic rings. The van der Waals surface area contributed by atoms with Gasteiger partial charge in [0.2, 0.25) is 11.4 Å². The van der Waals surface area contributed by atoms with E-state index in [9.17, 15) is 18.0 Å². The van der Waals surface area contributed by atoms with Gasteiger partial charge in [0, 0.05) is 37.6 Å². The summed E-state index contributed by atoms with van der Waals surface area (Å²) in [6.07, 6.45) is -1.38. The molecule has 0 saturated carbocycles. The van der Waals surface area contributed by atoms with Gasteiger partial charge >= 0.3 is 6.18 Å². The zero-order valence-electron chi connectivity index (χ0n) is 11.5. The summed E-state index contributed by atoms with van der Waals surface area (Å²) in [5.74, 6) is -0.0735. The van der Waals surface area contributed by atoms with Crippen molar-refractivity contribution < 1.29 is 17.9 Å². The Balaban J connectivity index is 1.80. The van der Waals surface area contributed by atoms with Crippen LogP contribution in [0.3, 0.4) is 0 Å². The van der Waals surface area contributed by atoms with E-state index in [0.29, 0.717) is 13.1 Å². The number of nitrogens with zero attached hydrogens (tertiary/aromatic N) is 1. The first kappa shape index (κ1) is 16.0. The van der Waals surface area contributed by atoms with Crippen LogP contribution in [0, 0.1) is 0 Å². The fraction of sp³-hybridized carbons (Fsp3) is 0.286. The van der Waals surface area contributed by atoms with E-state index in [1.807, 2.05) is 0 Å². The molecule has 0 aromatic carbocycles. The monoisotopic (exact) mass is 313 g/mol. The summed E-state index contributed by atoms with van der Waals surface area (Å²) in [4.78, 5) is 17.4. The maximum atomic E-state index is 12.0. The van der Waals surface area contributed by atoms with Gasteiger partial charge < -0.3 is 15.0 Å². The van der Waals surface area contributed by atoms with Gasteiger partial charge in [-0.1, -0.05) is 6.07 Å². The van der Waals surface area contributed by atoms with E-state index < -0.39 is 12.8 Å². The van der Waals surface area contributed by atoms with Crippen LogP contribution in [0.25, 0.3) is 0 Å². The number of hydrogen-bond acceptors (Lipinski definition) is 4. The molecule has 0 atom stereocenters. The van der Waals surface area contributed by atoms with Crippen molar-refractivity contribution in [2.45, 2.75) is 19.3 Å². The molecule has 0 unspecified atom stereocenters. The normalized spacial score (nSPS) is 11.4. The van der Waals surface area contributed by atoms with Crippen LogP contribution in [0.4, 0.5) is 13.2 Å². The third kappa shape index (κ3) is 5.57. The molecule has 2 heterocycles. The average molecular weight is 313 g/mol. The first-order valence-corrected chi connectivity index (χ1v) is 6.45. The molecule has 0 saturated heterocycles. The average Bonchev–Trinajstić information content (AvgIpc) is 2.46. The summed E-state index contributed by atoms with van der Waals surface area (Å²) in [6, 6.07) is 6.28. The minimum atomic E-state index is -4.38. The van der Waals surface area contributed by atoms with Crippen LogP contribution < -0.4 is 15.6 Å². The Morgan fingerprint density at radius 2 is 1.95 bits per heavy atom. The van der Waals surface area contributed by atoms with Crippen molar-refractivity contribution in [1.29, 1.82) is 0 Å². The molecule has 2 rings (SSSR count). The van der Waals surface area contributed by atoms with Gasteiger partial charge in [-0.2, -0.15) is 13.2 Å². The van der Waals surface area contributed by atoms with Crippen molar-refractivity contribution in [3.05, 3.63) is 58.1 Å². The molecule has 0 spiro atoms. The predicted molar refractivity (Wildman–Crippen MR) is 73.4 cm³/mol. The van der Waals surface area contributed by atoms with E-state index in [1.165, 1.54) is 18.3 Å². The van der Waals surface area contributed by atoms with Crippen LogP contribution in [0.15, 0.2) is 41.5 Å². The van der Waals surface area contributed by atoms with Gasteiger partial charge in [0.15, 0.2) is 6.61 Å². The number of ether oxygens (including phenoxy) is 1. The van der Waals surface area contributed by atoms with Gasteiger partial charge in [-0.15, -0.1) is 0 Å². The van der Waals surface area contributed by atoms with Gasteiger partial charge in [0.25, 0.3) is 0 Å². The minimum Gasteiger partial charge on any atom is -0.468 e. The lowest BCUT2D eigenvalue weighted by Crippen LogP contribution is -2.19. The summed E-state index contributed by atoms with van der Waals surface area (Å²) in [7, 11) is 0. The van der Waals surface area contributed by atoms with Crippen molar-refractivity contribution in [2.75, 3.05) is 6.61 Å². The van der Waals surface area contributed by atoms with Crippen LogP contribution in [-0.4, -0.2) is 22.8 Å². The zero-order chi connectivity index (χ0) is 16.0. The van der Waals surface area contributed by atoms with Crippen molar-refractivity contribution in [1.82, 2.24) is 15.3 Å². The number of aromatic nitrogens is 2. The number of alkyl halides is 3. The molecule has 118 valence electrons. The molecule has 5 nitrogen and oxygen atoms in total. The molecule has 0 aliphatic heterocycles. The van der Waals surface area contributed by atoms with Gasteiger partial charge in [-0.05, 0) is 17.2 Å². The molecule has 22 heavy (non-hydrogen) atoms. The van der Waals surface area contributed by atoms with Crippen molar-refractivity contribution in [3.63, 3.8) is 0 Å². The summed E-state index contributed by atoms with van der Waals surface area (Å²) in [5.41, 5.74) is 1.46. The molecule has 0 bridgehead atoms. The van der Waals surface area contributed by atoms with E-state index in [-0.39, 0.29) is 11.4 Å². The second-order valence-electron chi connectivity index (χ2n) is 4.57. The number of halogens is 3. The Hall–Kier alpha value is -2.35. The van der Waals surface area contributed by atoms with E-state index in [4.69, 9.17) is 0 Å². The van der Waals surface area contributed by atoms with Crippen molar-refractivity contribution in [2.24, 2.45) is 0 Å². The van der Waals surface area contributed by atoms with Crippen LogP contribution in [0.5, 0.6) is 5.88 Å². The fourth-order valence-electron chi connectivity index (χ4n) is 1.71. The van der Waals surface area contributed by atoms with E-state index >= 15 is 0 Å². The first-order chi connectivity index (χ1) is 10.4. The Morgan fingerprint density at radius 3 is 2.59 bits per heavy atom. The summed E-state index contributed by atoms with van der Waals surface area (Å²) in [5, 5.41) is 3.11. The van der Waals surface area contributed by atoms with Crippen LogP contribution >= 0.6 is 0 Å². The highest BCUT2D eigenvalue weighted by Gasteiger charge is 2.28. The van der Waals surface area contributed by atoms with Crippen molar-refractivity contribution >= 4 is 0 Å². The Kier molecular flexibility index (Phi) is 5.16. The first-order valence-electron chi connectivity index (χ1n) is 6.45. The molecule has 0 radical (unpaired) electrons. The smallest absolute Gasteiger partial charge is 0.422 e. The number of aromatic amines is 1. The van der Waals surface area contributed by atoms with Crippen molar-refractivity contribution in [3.8, 4) is 5.88 Å². The number of pyridine rings is 2. The molecular weight excluding hydrogens is 299 g/mol. The van der Waals surface area contributed by atoms with Crippen LogP contribution in [-0.2, 0) is 13.1 Å². The van der Waals surface area contributed by atoms with E-state index in [0.717, 1.165) is 11.1 Å². The maximum Gasteiger partial charge on any atom is 0.422 e. The second kappa shape index (κ2) is 7.08. The highest BCUT2D eigenvalue weighted by Crippen LogP contribution is 2.16. The number of nitrogens with one attached hydrogen (secondary N) is 2. The van der Waals surface area contributed by atoms with Gasteiger partial charge in [-0.3, -0.25) is 4.79 Å². The SMILES string of the molecule is O=c1cc(CNCc2ccc(OCC(F)(F)F)nc2)cc[nH]1. The Bertz CT molecular complexity index is 653. The van der Waals surface area contributed by atoms with Gasteiger partial charge in [0.05, 0.1) is 0 Å². The third-order valence-electron chi connectivity index (χ3n) is 2.68. The summed E-state index contributed by atoms with van der Waals surface area (Å²) >= 11 is 0. The molecule has 2 aromatic rings. The fourth-order valence-corrected chi connectivity index (χ4v) is 1.71. The molecular formula is C14H14F3N3O2. The minimum absolute atomic E-state index is 0.0735. The number of H-pyrrole nitrogens is 1. The standard InChI is InChI=1S/C14H14F3N3O2/c15-14(16,17)9-22-13-2-1-11(8-20-13)7-18-6-10-3-4-19-12(21)5-10/h1-5,8,18H,6-7,9H2,(H,19,21). The topological polar surface area (TPSA) is 67.0 Å². The predicted octanol–water partition coefficient (Wildman–Crippen LogP) is 2.00. The lowest BCUT2D eigenvalue weighted by molar-refractivity contribution is -0.154. The highest BCUT2D eigenvalue weighted by molar-refractivity contribution is 5.18. The number of hydrogen-bond donors (Lipinski definition) is 2. The summed E-state index contributed by atoms with van der Waals surface area (Å²) in [6.45, 7) is -0.393. The lowest BCUT2D eigenvalue weighted by Gasteiger charge is -2.09. The lowest BCUT2D eigenvalue weighted by atomic mass is 10.2. The summed E-state index contributed by atoms with van der Waals surface area (Å²) < 4.78 is 40.5. The maximum absolute atomic E-state index is 12.0.